The van der Waals surface area contributed by atoms with Crippen LogP contribution in [0, 0.1) is 11.6 Å². The van der Waals surface area contributed by atoms with Crippen LogP contribution in [0.1, 0.15) is 19.4 Å². The van der Waals surface area contributed by atoms with E-state index in [1.807, 2.05) is 0 Å². The van der Waals surface area contributed by atoms with Crippen molar-refractivity contribution < 1.29 is 13.6 Å². The van der Waals surface area contributed by atoms with Gasteiger partial charge in [-0.05, 0) is 31.7 Å². The highest BCUT2D eigenvalue weighted by Gasteiger charge is 2.20. The van der Waals surface area contributed by atoms with Gasteiger partial charge in [-0.3, -0.25) is 9.69 Å². The van der Waals surface area contributed by atoms with Crippen molar-refractivity contribution in [3.8, 4) is 0 Å². The van der Waals surface area contributed by atoms with Crippen LogP contribution in [0.3, 0.4) is 0 Å². The summed E-state index contributed by atoms with van der Waals surface area (Å²) in [4.78, 5) is 16.6. The summed E-state index contributed by atoms with van der Waals surface area (Å²) in [5.74, 6) is -1.71. The molecule has 6 heteroatoms. The summed E-state index contributed by atoms with van der Waals surface area (Å²) in [6.07, 6.45) is 2.34. The quantitative estimate of drug-likeness (QED) is 0.808. The first-order valence-corrected chi connectivity index (χ1v) is 8.37. The van der Waals surface area contributed by atoms with Gasteiger partial charge in [0.15, 0.2) is 0 Å². The summed E-state index contributed by atoms with van der Waals surface area (Å²) in [6, 6.07) is 3.85. The van der Waals surface area contributed by atoms with Crippen LogP contribution in [0.15, 0.2) is 24.3 Å². The van der Waals surface area contributed by atoms with E-state index in [0.29, 0.717) is 6.54 Å². The molecule has 1 aromatic carbocycles. The average molecular weight is 337 g/mol. The number of hydrogen-bond donors (Lipinski definition) is 1. The lowest BCUT2D eigenvalue weighted by Gasteiger charge is -2.37. The number of piperazine rings is 1. The third-order valence-electron chi connectivity index (χ3n) is 4.45. The lowest BCUT2D eigenvalue weighted by molar-refractivity contribution is -0.116. The van der Waals surface area contributed by atoms with Gasteiger partial charge in [0.1, 0.15) is 11.6 Å². The van der Waals surface area contributed by atoms with Gasteiger partial charge in [0.25, 0.3) is 0 Å². The van der Waals surface area contributed by atoms with E-state index in [1.165, 1.54) is 30.4 Å². The molecule has 0 aromatic heterocycles. The molecule has 0 bridgehead atoms. The molecule has 0 radical (unpaired) electrons. The number of likely N-dealkylation sites (N-methyl/N-ethyl adjacent to an activating group) is 1. The molecule has 0 saturated carbocycles. The zero-order chi connectivity index (χ0) is 17.5. The maximum Gasteiger partial charge on any atom is 0.244 e. The van der Waals surface area contributed by atoms with Crippen LogP contribution >= 0.6 is 0 Å². The molecule has 132 valence electrons. The minimum absolute atomic E-state index is 0.198. The third-order valence-corrected chi connectivity index (χ3v) is 4.45. The Morgan fingerprint density at radius 2 is 1.88 bits per heavy atom. The lowest BCUT2D eigenvalue weighted by atomic mass is 10.2. The van der Waals surface area contributed by atoms with Gasteiger partial charge in [-0.15, -0.1) is 0 Å². The summed E-state index contributed by atoms with van der Waals surface area (Å²) < 4.78 is 27.0. The number of hydrogen-bond acceptors (Lipinski definition) is 3. The summed E-state index contributed by atoms with van der Waals surface area (Å²) >= 11 is 0. The zero-order valence-corrected chi connectivity index (χ0v) is 14.3. The van der Waals surface area contributed by atoms with E-state index in [-0.39, 0.29) is 17.5 Å². The minimum atomic E-state index is -0.679. The predicted octanol–water partition coefficient (Wildman–Crippen LogP) is 2.12. The first-order valence-electron chi connectivity index (χ1n) is 8.37. The van der Waals surface area contributed by atoms with E-state index < -0.39 is 11.6 Å². The normalized spacial score (nSPS) is 18.0. The molecule has 1 fully saturated rings. The summed E-state index contributed by atoms with van der Waals surface area (Å²) in [5, 5.41) is 2.79. The summed E-state index contributed by atoms with van der Waals surface area (Å²) in [6.45, 7) is 9.86. The van der Waals surface area contributed by atoms with E-state index in [0.717, 1.165) is 32.7 Å². The average Bonchev–Trinajstić information content (AvgIpc) is 2.59. The van der Waals surface area contributed by atoms with Gasteiger partial charge >= 0.3 is 0 Å². The van der Waals surface area contributed by atoms with Gasteiger partial charge in [-0.1, -0.05) is 13.0 Å². The van der Waals surface area contributed by atoms with Gasteiger partial charge in [-0.25, -0.2) is 8.78 Å². The van der Waals surface area contributed by atoms with Crippen LogP contribution in [-0.2, 0) is 4.79 Å². The molecular weight excluding hydrogens is 312 g/mol. The molecule has 0 aliphatic carbocycles. The number of benzene rings is 1. The maximum atomic E-state index is 13.5. The van der Waals surface area contributed by atoms with Crippen molar-refractivity contribution in [3.63, 3.8) is 0 Å². The summed E-state index contributed by atoms with van der Waals surface area (Å²) in [5.41, 5.74) is -0.198. The van der Waals surface area contributed by atoms with Crippen LogP contribution in [0.2, 0.25) is 0 Å². The van der Waals surface area contributed by atoms with E-state index in [2.05, 4.69) is 29.0 Å². The van der Waals surface area contributed by atoms with Crippen molar-refractivity contribution in [1.82, 2.24) is 15.1 Å². The van der Waals surface area contributed by atoms with Crippen molar-refractivity contribution in [2.45, 2.75) is 19.9 Å². The highest BCUT2D eigenvalue weighted by Crippen LogP contribution is 2.13. The first kappa shape index (κ1) is 18.5. The smallest absolute Gasteiger partial charge is 0.244 e. The maximum absolute atomic E-state index is 13.5. The standard InChI is InChI=1S/C18H25F2N3O/c1-3-22-9-11-23(12-10-22)14(2)13-21-18(24)8-7-15-16(19)5-4-6-17(15)20/h4-8,14H,3,9-13H2,1-2H3,(H,21,24)/b8-7+/t14-/m0/s1. The number of halogens is 2. The molecule has 1 saturated heterocycles. The second kappa shape index (κ2) is 8.89. The fourth-order valence-electron chi connectivity index (χ4n) is 2.79. The van der Waals surface area contributed by atoms with Gasteiger partial charge in [0.2, 0.25) is 5.91 Å². The van der Waals surface area contributed by atoms with Crippen molar-refractivity contribution >= 4 is 12.0 Å². The molecular formula is C18H25F2N3O. The molecule has 1 aromatic rings. The number of carbonyl (C=O) groups excluding carboxylic acids is 1. The Hall–Kier alpha value is -1.79. The van der Waals surface area contributed by atoms with Crippen molar-refractivity contribution in [3.05, 3.63) is 41.5 Å². The SMILES string of the molecule is CCN1CCN([C@@H](C)CNC(=O)/C=C/c2c(F)cccc2F)CC1. The Labute approximate surface area is 142 Å². The molecule has 1 atom stereocenters. The number of nitrogens with zero attached hydrogens (tertiary/aromatic N) is 2. The zero-order valence-electron chi connectivity index (χ0n) is 14.3. The topological polar surface area (TPSA) is 35.6 Å². The molecule has 1 aliphatic heterocycles. The highest BCUT2D eigenvalue weighted by molar-refractivity contribution is 5.91. The van der Waals surface area contributed by atoms with Gasteiger partial charge in [-0.2, -0.15) is 0 Å². The number of carbonyl (C=O) groups is 1. The van der Waals surface area contributed by atoms with E-state index in [1.54, 1.807) is 0 Å². The highest BCUT2D eigenvalue weighted by atomic mass is 19.1. The van der Waals surface area contributed by atoms with Gasteiger partial charge in [0.05, 0.1) is 0 Å². The molecule has 1 N–H and O–H groups in total. The van der Waals surface area contributed by atoms with Crippen LogP contribution in [-0.4, -0.2) is 61.0 Å². The Balaban J connectivity index is 1.80. The number of nitrogens with one attached hydrogen (secondary N) is 1. The molecule has 1 aliphatic rings. The van der Waals surface area contributed by atoms with Crippen LogP contribution in [0.25, 0.3) is 6.08 Å². The predicted molar refractivity (Wildman–Crippen MR) is 91.6 cm³/mol. The molecule has 1 amide bonds. The molecule has 24 heavy (non-hydrogen) atoms. The molecule has 1 heterocycles. The Bertz CT molecular complexity index is 563. The van der Waals surface area contributed by atoms with Crippen LogP contribution in [0.4, 0.5) is 8.78 Å². The summed E-state index contributed by atoms with van der Waals surface area (Å²) in [7, 11) is 0. The van der Waals surface area contributed by atoms with Crippen molar-refractivity contribution in [2.75, 3.05) is 39.3 Å². The van der Waals surface area contributed by atoms with Crippen molar-refractivity contribution in [1.29, 1.82) is 0 Å². The fraction of sp³-hybridized carbons (Fsp3) is 0.500. The second-order valence-corrected chi connectivity index (χ2v) is 6.03. The van der Waals surface area contributed by atoms with Crippen LogP contribution < -0.4 is 5.32 Å². The third kappa shape index (κ3) is 5.11. The monoisotopic (exact) mass is 337 g/mol. The largest absolute Gasteiger partial charge is 0.351 e. The van der Waals surface area contributed by atoms with E-state index in [4.69, 9.17) is 0 Å². The Morgan fingerprint density at radius 3 is 2.46 bits per heavy atom. The molecule has 0 unspecified atom stereocenters. The number of amides is 1. The van der Waals surface area contributed by atoms with Crippen molar-refractivity contribution in [2.24, 2.45) is 0 Å². The molecule has 0 spiro atoms. The van der Waals surface area contributed by atoms with Crippen LogP contribution in [0.5, 0.6) is 0 Å². The van der Waals surface area contributed by atoms with E-state index >= 15 is 0 Å². The molecule has 4 nitrogen and oxygen atoms in total. The minimum Gasteiger partial charge on any atom is -0.351 e. The lowest BCUT2D eigenvalue weighted by Crippen LogP contribution is -2.52. The van der Waals surface area contributed by atoms with Gasteiger partial charge < -0.3 is 10.2 Å². The number of rotatable bonds is 6. The second-order valence-electron chi connectivity index (χ2n) is 6.03. The fourth-order valence-corrected chi connectivity index (χ4v) is 2.79. The Morgan fingerprint density at radius 1 is 1.25 bits per heavy atom. The van der Waals surface area contributed by atoms with E-state index in [9.17, 15) is 13.6 Å². The molecule has 2 rings (SSSR count). The van der Waals surface area contributed by atoms with Gasteiger partial charge in [0, 0.05) is 50.4 Å². The first-order chi connectivity index (χ1) is 11.5. The Kier molecular flexibility index (Phi) is 6.87.